The van der Waals surface area contributed by atoms with Crippen LogP contribution >= 0.6 is 0 Å². The first-order chi connectivity index (χ1) is 9.10. The normalized spacial score (nSPS) is 16.9. The second kappa shape index (κ2) is 7.67. The Morgan fingerprint density at radius 1 is 1.21 bits per heavy atom. The van der Waals surface area contributed by atoms with E-state index in [9.17, 15) is 14.7 Å². The summed E-state index contributed by atoms with van der Waals surface area (Å²) < 4.78 is 0. The summed E-state index contributed by atoms with van der Waals surface area (Å²) in [6, 6.07) is -0.316. The van der Waals surface area contributed by atoms with Crippen molar-refractivity contribution in [3.05, 3.63) is 0 Å². The quantitative estimate of drug-likeness (QED) is 0.524. The highest BCUT2D eigenvalue weighted by Gasteiger charge is 2.39. The van der Waals surface area contributed by atoms with E-state index in [1.807, 2.05) is 0 Å². The average molecular weight is 266 g/mol. The minimum Gasteiger partial charge on any atom is -0.481 e. The Hall–Kier alpha value is -1.70. The van der Waals surface area contributed by atoms with E-state index in [-0.39, 0.29) is 12.6 Å². The topological polar surface area (TPSA) is 78.4 Å². The highest BCUT2D eigenvalue weighted by Crippen LogP contribution is 2.35. The molecule has 0 bridgehead atoms. The van der Waals surface area contributed by atoms with Crippen molar-refractivity contribution in [2.75, 3.05) is 13.1 Å². The average Bonchev–Trinajstić information content (AvgIpc) is 2.42. The summed E-state index contributed by atoms with van der Waals surface area (Å²) in [4.78, 5) is 22.9. The van der Waals surface area contributed by atoms with E-state index in [0.29, 0.717) is 25.8 Å². The lowest BCUT2D eigenvalue weighted by molar-refractivity contribution is -0.150. The molecule has 1 rings (SSSR count). The Bertz CT molecular complexity index is 376. The summed E-state index contributed by atoms with van der Waals surface area (Å²) in [6.07, 6.45) is 4.81. The number of nitrogens with one attached hydrogen (secondary N) is 2. The van der Waals surface area contributed by atoms with Gasteiger partial charge in [0.05, 0.1) is 5.41 Å². The van der Waals surface area contributed by atoms with Crippen LogP contribution in [0.25, 0.3) is 0 Å². The number of carboxylic acid groups (broad SMARTS) is 1. The molecule has 0 atom stereocenters. The predicted octanol–water partition coefficient (Wildman–Crippen LogP) is 1.73. The first-order valence-electron chi connectivity index (χ1n) is 6.75. The maximum absolute atomic E-state index is 11.6. The monoisotopic (exact) mass is 266 g/mol. The minimum atomic E-state index is -0.802. The number of aliphatic carboxylic acids is 1. The van der Waals surface area contributed by atoms with Crippen molar-refractivity contribution in [2.24, 2.45) is 5.41 Å². The van der Waals surface area contributed by atoms with E-state index in [0.717, 1.165) is 19.3 Å². The summed E-state index contributed by atoms with van der Waals surface area (Å²) >= 11 is 0. The summed E-state index contributed by atoms with van der Waals surface area (Å²) in [5, 5.41) is 14.7. The third-order valence-corrected chi connectivity index (χ3v) is 3.56. The van der Waals surface area contributed by atoms with Crippen molar-refractivity contribution in [2.45, 2.75) is 45.4 Å². The van der Waals surface area contributed by atoms with Crippen molar-refractivity contribution < 1.29 is 14.7 Å². The van der Waals surface area contributed by atoms with Crippen LogP contribution in [0.1, 0.15) is 45.4 Å². The Labute approximate surface area is 114 Å². The molecule has 0 unspecified atom stereocenters. The number of hydrogen-bond acceptors (Lipinski definition) is 2. The van der Waals surface area contributed by atoms with Gasteiger partial charge in [0, 0.05) is 19.5 Å². The number of carbonyl (C=O) groups is 2. The van der Waals surface area contributed by atoms with Gasteiger partial charge in [0.25, 0.3) is 0 Å². The van der Waals surface area contributed by atoms with Crippen LogP contribution in [0.15, 0.2) is 0 Å². The van der Waals surface area contributed by atoms with Crippen LogP contribution in [0.2, 0.25) is 0 Å². The van der Waals surface area contributed by atoms with E-state index < -0.39 is 11.4 Å². The largest absolute Gasteiger partial charge is 0.481 e. The summed E-state index contributed by atoms with van der Waals surface area (Å²) in [6.45, 7) is 2.43. The molecule has 0 radical (unpaired) electrons. The Morgan fingerprint density at radius 3 is 2.47 bits per heavy atom. The number of hydrogen-bond donors (Lipinski definition) is 3. The molecule has 106 valence electrons. The van der Waals surface area contributed by atoms with Crippen LogP contribution < -0.4 is 10.6 Å². The molecule has 19 heavy (non-hydrogen) atoms. The molecule has 1 aliphatic carbocycles. The van der Waals surface area contributed by atoms with E-state index in [1.54, 1.807) is 6.92 Å². The maximum atomic E-state index is 11.6. The fourth-order valence-electron chi connectivity index (χ4n) is 2.37. The van der Waals surface area contributed by atoms with Gasteiger partial charge < -0.3 is 15.7 Å². The van der Waals surface area contributed by atoms with Gasteiger partial charge >= 0.3 is 12.0 Å². The molecule has 0 aromatic rings. The predicted molar refractivity (Wildman–Crippen MR) is 72.6 cm³/mol. The first-order valence-corrected chi connectivity index (χ1v) is 6.75. The summed E-state index contributed by atoms with van der Waals surface area (Å²) in [7, 11) is 0. The zero-order valence-electron chi connectivity index (χ0n) is 11.4. The Balaban J connectivity index is 2.36. The van der Waals surface area contributed by atoms with Crippen LogP contribution in [0, 0.1) is 17.3 Å². The fourth-order valence-corrected chi connectivity index (χ4v) is 2.37. The maximum Gasteiger partial charge on any atom is 0.314 e. The van der Waals surface area contributed by atoms with Gasteiger partial charge in [-0.15, -0.1) is 11.8 Å². The van der Waals surface area contributed by atoms with Crippen LogP contribution in [-0.4, -0.2) is 30.2 Å². The molecule has 0 saturated heterocycles. The van der Waals surface area contributed by atoms with Crippen molar-refractivity contribution in [3.63, 3.8) is 0 Å². The van der Waals surface area contributed by atoms with Gasteiger partial charge in [-0.1, -0.05) is 19.3 Å². The van der Waals surface area contributed by atoms with E-state index >= 15 is 0 Å². The fraction of sp³-hybridized carbons (Fsp3) is 0.714. The lowest BCUT2D eigenvalue weighted by Gasteiger charge is -2.33. The number of carbonyl (C=O) groups excluding carboxylic acids is 1. The smallest absolute Gasteiger partial charge is 0.314 e. The second-order valence-corrected chi connectivity index (χ2v) is 4.93. The van der Waals surface area contributed by atoms with Gasteiger partial charge in [-0.3, -0.25) is 4.79 Å². The van der Waals surface area contributed by atoms with E-state index in [4.69, 9.17) is 0 Å². The molecular formula is C14H22N2O3. The highest BCUT2D eigenvalue weighted by molar-refractivity contribution is 5.78. The standard InChI is InChI=1S/C14H22N2O3/c1-2-3-7-10-15-13(19)16-11-14(12(17)18)8-5-4-6-9-14/h4-11H2,1H3,(H,17,18)(H2,15,16,19). The lowest BCUT2D eigenvalue weighted by Crippen LogP contribution is -2.47. The molecule has 1 aliphatic rings. The van der Waals surface area contributed by atoms with Crippen LogP contribution in [0.5, 0.6) is 0 Å². The highest BCUT2D eigenvalue weighted by atomic mass is 16.4. The molecule has 5 heteroatoms. The van der Waals surface area contributed by atoms with Crippen LogP contribution in [0.3, 0.4) is 0 Å². The van der Waals surface area contributed by atoms with Crippen molar-refractivity contribution >= 4 is 12.0 Å². The van der Waals surface area contributed by atoms with Crippen LogP contribution in [-0.2, 0) is 4.79 Å². The Kier molecular flexibility index (Phi) is 6.20. The zero-order valence-corrected chi connectivity index (χ0v) is 11.4. The molecule has 2 amide bonds. The number of rotatable bonds is 5. The van der Waals surface area contributed by atoms with Gasteiger partial charge in [0.15, 0.2) is 0 Å². The first kappa shape index (κ1) is 15.4. The molecule has 0 aromatic heterocycles. The minimum absolute atomic E-state index is 0.202. The van der Waals surface area contributed by atoms with Gasteiger partial charge in [-0.25, -0.2) is 4.79 Å². The molecule has 1 saturated carbocycles. The molecule has 1 fully saturated rings. The van der Waals surface area contributed by atoms with E-state index in [2.05, 4.69) is 22.5 Å². The molecule has 0 heterocycles. The Morgan fingerprint density at radius 2 is 1.89 bits per heavy atom. The lowest BCUT2D eigenvalue weighted by atomic mass is 9.74. The van der Waals surface area contributed by atoms with Crippen molar-refractivity contribution in [1.29, 1.82) is 0 Å². The number of carboxylic acids is 1. The number of urea groups is 1. The van der Waals surface area contributed by atoms with Gasteiger partial charge in [0.1, 0.15) is 0 Å². The summed E-state index contributed by atoms with van der Waals surface area (Å²) in [5.74, 6) is 4.79. The second-order valence-electron chi connectivity index (χ2n) is 4.93. The molecular weight excluding hydrogens is 244 g/mol. The number of amides is 2. The SMILES string of the molecule is CC#CCCNC(=O)NCC1(C(=O)O)CCCCC1. The molecule has 0 aliphatic heterocycles. The van der Waals surface area contributed by atoms with Crippen molar-refractivity contribution in [1.82, 2.24) is 10.6 Å². The van der Waals surface area contributed by atoms with Gasteiger partial charge in [-0.05, 0) is 19.8 Å². The van der Waals surface area contributed by atoms with Crippen LogP contribution in [0.4, 0.5) is 4.79 Å². The zero-order chi connectivity index (χ0) is 14.1. The van der Waals surface area contributed by atoms with Gasteiger partial charge in [0.2, 0.25) is 0 Å². The molecule has 0 spiro atoms. The van der Waals surface area contributed by atoms with Gasteiger partial charge in [-0.2, -0.15) is 0 Å². The molecule has 5 nitrogen and oxygen atoms in total. The molecule has 3 N–H and O–H groups in total. The van der Waals surface area contributed by atoms with Crippen molar-refractivity contribution in [3.8, 4) is 11.8 Å². The molecule has 0 aromatic carbocycles. The summed E-state index contributed by atoms with van der Waals surface area (Å²) in [5.41, 5.74) is -0.779. The third kappa shape index (κ3) is 4.82. The van der Waals surface area contributed by atoms with E-state index in [1.165, 1.54) is 0 Å². The third-order valence-electron chi connectivity index (χ3n) is 3.56.